The van der Waals surface area contributed by atoms with Crippen molar-refractivity contribution in [1.29, 1.82) is 0 Å². The average molecular weight is 304 g/mol. The standard InChI is InChI=1S/C15H14BrNO/c16-14-5-1-11(2-6-14)9-17-8-7-13(10-17)15(18)12-3-4-12/h1-2,5-8,10,12H,3-4,9H2. The number of benzene rings is 1. The van der Waals surface area contributed by atoms with Crippen molar-refractivity contribution in [2.75, 3.05) is 0 Å². The summed E-state index contributed by atoms with van der Waals surface area (Å²) in [5.41, 5.74) is 2.09. The molecule has 0 unspecified atom stereocenters. The lowest BCUT2D eigenvalue weighted by Gasteiger charge is -2.03. The first kappa shape index (κ1) is 11.7. The molecule has 3 rings (SSSR count). The molecule has 0 radical (unpaired) electrons. The Bertz CT molecular complexity index is 566. The zero-order valence-electron chi connectivity index (χ0n) is 9.97. The Kier molecular flexibility index (Phi) is 3.08. The van der Waals surface area contributed by atoms with Gasteiger partial charge in [0.05, 0.1) is 0 Å². The van der Waals surface area contributed by atoms with Crippen LogP contribution < -0.4 is 0 Å². The highest BCUT2D eigenvalue weighted by Crippen LogP contribution is 2.32. The predicted octanol–water partition coefficient (Wildman–Crippen LogP) is 3.89. The van der Waals surface area contributed by atoms with Crippen molar-refractivity contribution >= 4 is 21.7 Å². The van der Waals surface area contributed by atoms with E-state index in [-0.39, 0.29) is 0 Å². The third-order valence-corrected chi connectivity index (χ3v) is 3.79. The van der Waals surface area contributed by atoms with E-state index in [1.165, 1.54) is 5.56 Å². The molecule has 1 aromatic carbocycles. The normalized spacial score (nSPS) is 14.7. The van der Waals surface area contributed by atoms with Crippen molar-refractivity contribution in [3.63, 3.8) is 0 Å². The van der Waals surface area contributed by atoms with E-state index >= 15 is 0 Å². The Balaban J connectivity index is 1.73. The summed E-state index contributed by atoms with van der Waals surface area (Å²) in [4.78, 5) is 11.9. The molecule has 1 aliphatic carbocycles. The number of nitrogens with zero attached hydrogens (tertiary/aromatic N) is 1. The molecule has 0 bridgehead atoms. The maximum atomic E-state index is 11.9. The van der Waals surface area contributed by atoms with Gasteiger partial charge in [-0.1, -0.05) is 28.1 Å². The second-order valence-corrected chi connectivity index (χ2v) is 5.75. The highest BCUT2D eigenvalue weighted by Gasteiger charge is 2.30. The topological polar surface area (TPSA) is 22.0 Å². The maximum absolute atomic E-state index is 11.9. The zero-order valence-corrected chi connectivity index (χ0v) is 11.6. The maximum Gasteiger partial charge on any atom is 0.167 e. The quantitative estimate of drug-likeness (QED) is 0.785. The van der Waals surface area contributed by atoms with E-state index in [1.54, 1.807) is 0 Å². The molecular formula is C15H14BrNO. The lowest BCUT2D eigenvalue weighted by Crippen LogP contribution is -2.00. The molecule has 0 saturated heterocycles. The van der Waals surface area contributed by atoms with Crippen molar-refractivity contribution in [2.24, 2.45) is 5.92 Å². The summed E-state index contributed by atoms with van der Waals surface area (Å²) in [6, 6.07) is 10.2. The molecule has 2 nitrogen and oxygen atoms in total. The van der Waals surface area contributed by atoms with Gasteiger partial charge in [-0.15, -0.1) is 0 Å². The minimum absolute atomic E-state index is 0.300. The van der Waals surface area contributed by atoms with Gasteiger partial charge in [-0.3, -0.25) is 4.79 Å². The summed E-state index contributed by atoms with van der Waals surface area (Å²) < 4.78 is 3.15. The number of carbonyl (C=O) groups is 1. The molecule has 1 aliphatic rings. The summed E-state index contributed by atoms with van der Waals surface area (Å²) in [5.74, 6) is 0.609. The fraction of sp³-hybridized carbons (Fsp3) is 0.267. The molecule has 1 fully saturated rings. The van der Waals surface area contributed by atoms with Gasteiger partial charge in [0.25, 0.3) is 0 Å². The van der Waals surface area contributed by atoms with E-state index in [0.717, 1.165) is 29.4 Å². The number of rotatable bonds is 4. The number of Topliss-reactive ketones (excluding diaryl/α,β-unsaturated/α-hetero) is 1. The molecule has 1 aromatic heterocycles. The van der Waals surface area contributed by atoms with E-state index in [0.29, 0.717) is 11.7 Å². The van der Waals surface area contributed by atoms with Crippen molar-refractivity contribution in [3.05, 3.63) is 58.3 Å². The lowest BCUT2D eigenvalue weighted by molar-refractivity contribution is 0.0967. The monoisotopic (exact) mass is 303 g/mol. The first-order chi connectivity index (χ1) is 8.72. The van der Waals surface area contributed by atoms with Crippen LogP contribution in [0, 0.1) is 5.92 Å². The van der Waals surface area contributed by atoms with Crippen LogP contribution in [0.3, 0.4) is 0 Å². The number of halogens is 1. The zero-order chi connectivity index (χ0) is 12.5. The molecule has 18 heavy (non-hydrogen) atoms. The number of hydrogen-bond acceptors (Lipinski definition) is 1. The van der Waals surface area contributed by atoms with Gasteiger partial charge < -0.3 is 4.57 Å². The number of carbonyl (C=O) groups excluding carboxylic acids is 1. The molecule has 0 N–H and O–H groups in total. The van der Waals surface area contributed by atoms with Crippen LogP contribution in [0.1, 0.15) is 28.8 Å². The molecule has 1 saturated carbocycles. The average Bonchev–Trinajstić information content (AvgIpc) is 3.12. The minimum Gasteiger partial charge on any atom is -0.349 e. The smallest absolute Gasteiger partial charge is 0.167 e. The van der Waals surface area contributed by atoms with E-state index in [4.69, 9.17) is 0 Å². The highest BCUT2D eigenvalue weighted by molar-refractivity contribution is 9.10. The molecule has 0 atom stereocenters. The van der Waals surface area contributed by atoms with E-state index in [9.17, 15) is 4.79 Å². The Hall–Kier alpha value is -1.35. The Labute approximate surface area is 115 Å². The molecule has 3 heteroatoms. The van der Waals surface area contributed by atoms with Crippen LogP contribution in [-0.4, -0.2) is 10.4 Å². The summed E-state index contributed by atoms with van der Waals surface area (Å²) in [6.07, 6.45) is 6.08. The fourth-order valence-electron chi connectivity index (χ4n) is 2.07. The van der Waals surface area contributed by atoms with Crippen molar-refractivity contribution in [1.82, 2.24) is 4.57 Å². The lowest BCUT2D eigenvalue weighted by atomic mass is 10.1. The minimum atomic E-state index is 0.300. The van der Waals surface area contributed by atoms with Gasteiger partial charge in [-0.2, -0.15) is 0 Å². The number of hydrogen-bond donors (Lipinski definition) is 0. The van der Waals surface area contributed by atoms with E-state index in [2.05, 4.69) is 32.6 Å². The first-order valence-electron chi connectivity index (χ1n) is 6.17. The summed E-state index contributed by atoms with van der Waals surface area (Å²) in [6.45, 7) is 0.811. The highest BCUT2D eigenvalue weighted by atomic mass is 79.9. The molecule has 0 spiro atoms. The molecule has 0 aliphatic heterocycles. The molecule has 92 valence electrons. The summed E-state index contributed by atoms with van der Waals surface area (Å²) >= 11 is 3.43. The Morgan fingerprint density at radius 1 is 1.22 bits per heavy atom. The van der Waals surface area contributed by atoms with Crippen LogP contribution in [0.25, 0.3) is 0 Å². The fourth-order valence-corrected chi connectivity index (χ4v) is 2.33. The van der Waals surface area contributed by atoms with Crippen LogP contribution >= 0.6 is 15.9 Å². The van der Waals surface area contributed by atoms with Crippen LogP contribution in [-0.2, 0) is 6.54 Å². The third kappa shape index (κ3) is 2.56. The van der Waals surface area contributed by atoms with Gasteiger partial charge in [0.2, 0.25) is 0 Å². The molecule has 2 aromatic rings. The van der Waals surface area contributed by atoms with Crippen LogP contribution in [0.2, 0.25) is 0 Å². The van der Waals surface area contributed by atoms with Crippen LogP contribution in [0.15, 0.2) is 47.2 Å². The van der Waals surface area contributed by atoms with Crippen LogP contribution in [0.4, 0.5) is 0 Å². The van der Waals surface area contributed by atoms with Crippen molar-refractivity contribution < 1.29 is 4.79 Å². The predicted molar refractivity (Wildman–Crippen MR) is 74.7 cm³/mol. The molecule has 0 amide bonds. The SMILES string of the molecule is O=C(c1ccn(Cc2ccc(Br)cc2)c1)C1CC1. The largest absolute Gasteiger partial charge is 0.349 e. The first-order valence-corrected chi connectivity index (χ1v) is 6.96. The Morgan fingerprint density at radius 3 is 2.61 bits per heavy atom. The van der Waals surface area contributed by atoms with Gasteiger partial charge in [-0.05, 0) is 36.6 Å². The summed E-state index contributed by atoms with van der Waals surface area (Å²) in [7, 11) is 0. The number of aromatic nitrogens is 1. The third-order valence-electron chi connectivity index (χ3n) is 3.26. The van der Waals surface area contributed by atoms with Crippen molar-refractivity contribution in [2.45, 2.75) is 19.4 Å². The van der Waals surface area contributed by atoms with Gasteiger partial charge in [0, 0.05) is 34.9 Å². The van der Waals surface area contributed by atoms with E-state index in [1.807, 2.05) is 30.6 Å². The molecule has 1 heterocycles. The van der Waals surface area contributed by atoms with Gasteiger partial charge in [0.15, 0.2) is 5.78 Å². The van der Waals surface area contributed by atoms with Gasteiger partial charge in [-0.25, -0.2) is 0 Å². The van der Waals surface area contributed by atoms with Gasteiger partial charge in [0.1, 0.15) is 0 Å². The second kappa shape index (κ2) is 4.73. The van der Waals surface area contributed by atoms with Crippen molar-refractivity contribution in [3.8, 4) is 0 Å². The Morgan fingerprint density at radius 2 is 1.94 bits per heavy atom. The van der Waals surface area contributed by atoms with E-state index < -0.39 is 0 Å². The summed E-state index contributed by atoms with van der Waals surface area (Å²) in [5, 5.41) is 0. The molecular weight excluding hydrogens is 290 g/mol. The van der Waals surface area contributed by atoms with Gasteiger partial charge >= 0.3 is 0 Å². The van der Waals surface area contributed by atoms with Crippen LogP contribution in [0.5, 0.6) is 0 Å². The second-order valence-electron chi connectivity index (χ2n) is 4.84. The number of ketones is 1.